The molecule has 0 aliphatic rings. The molecule has 0 fully saturated rings. The Kier molecular flexibility index (Phi) is 4.60. The molecule has 0 unspecified atom stereocenters. The zero-order valence-electron chi connectivity index (χ0n) is 12.9. The van der Waals surface area contributed by atoms with Gasteiger partial charge in [-0.25, -0.2) is 8.42 Å². The molecule has 0 bridgehead atoms. The monoisotopic (exact) mass is 358 g/mol. The van der Waals surface area contributed by atoms with Gasteiger partial charge in [-0.3, -0.25) is 0 Å². The summed E-state index contributed by atoms with van der Waals surface area (Å²) in [6.45, 7) is 2.00. The van der Waals surface area contributed by atoms with Crippen molar-refractivity contribution >= 4 is 21.4 Å². The van der Waals surface area contributed by atoms with Gasteiger partial charge in [-0.2, -0.15) is 0 Å². The van der Waals surface area contributed by atoms with Gasteiger partial charge in [-0.1, -0.05) is 29.3 Å². The van der Waals surface area contributed by atoms with Gasteiger partial charge in [0, 0.05) is 5.02 Å². The normalized spacial score (nSPS) is 11.2. The lowest BCUT2D eigenvalue weighted by molar-refractivity contribution is 0.482. The molecule has 0 aliphatic heterocycles. The van der Waals surface area contributed by atoms with Crippen LogP contribution in [0, 0.1) is 6.92 Å². The highest BCUT2D eigenvalue weighted by atomic mass is 35.5. The second-order valence-corrected chi connectivity index (χ2v) is 7.73. The van der Waals surface area contributed by atoms with Gasteiger partial charge in [0.15, 0.2) is 0 Å². The van der Waals surface area contributed by atoms with E-state index in [1.807, 2.05) is 31.2 Å². The van der Waals surface area contributed by atoms with E-state index in [9.17, 15) is 8.42 Å². The zero-order chi connectivity index (χ0) is 17.2. The van der Waals surface area contributed by atoms with Crippen LogP contribution < -0.4 is 4.74 Å². The Balaban J connectivity index is 1.83. The van der Waals surface area contributed by atoms with E-state index < -0.39 is 9.84 Å². The quantitative estimate of drug-likeness (QED) is 0.637. The van der Waals surface area contributed by atoms with Crippen molar-refractivity contribution < 1.29 is 13.2 Å². The molecule has 0 atom stereocenters. The summed E-state index contributed by atoms with van der Waals surface area (Å²) >= 11 is 5.80. The number of ether oxygens (including phenoxy) is 1. The van der Waals surface area contributed by atoms with E-state index in [2.05, 4.69) is 0 Å². The van der Waals surface area contributed by atoms with Crippen molar-refractivity contribution in [2.45, 2.75) is 16.7 Å². The van der Waals surface area contributed by atoms with Gasteiger partial charge >= 0.3 is 0 Å². The summed E-state index contributed by atoms with van der Waals surface area (Å²) in [5.74, 6) is 1.28. The molecule has 0 amide bonds. The fourth-order valence-electron chi connectivity index (χ4n) is 2.18. The summed E-state index contributed by atoms with van der Waals surface area (Å²) in [7, 11) is -3.57. The minimum Gasteiger partial charge on any atom is -0.457 e. The van der Waals surface area contributed by atoms with Crippen molar-refractivity contribution in [1.29, 1.82) is 0 Å². The zero-order valence-corrected chi connectivity index (χ0v) is 14.5. The Labute approximate surface area is 146 Å². The van der Waals surface area contributed by atoms with E-state index in [0.29, 0.717) is 16.5 Å². The molecule has 3 aromatic rings. The Bertz CT molecular complexity index is 929. The van der Waals surface area contributed by atoms with E-state index in [1.165, 1.54) is 24.3 Å². The fraction of sp³-hybridized carbons (Fsp3) is 0.0526. The Hall–Kier alpha value is -2.30. The smallest absolute Gasteiger partial charge is 0.206 e. The Morgan fingerprint density at radius 2 is 1.12 bits per heavy atom. The third-order valence-electron chi connectivity index (χ3n) is 3.51. The van der Waals surface area contributed by atoms with Crippen LogP contribution in [0.2, 0.25) is 5.02 Å². The second kappa shape index (κ2) is 6.67. The van der Waals surface area contributed by atoms with E-state index in [0.717, 1.165) is 5.56 Å². The summed E-state index contributed by atoms with van der Waals surface area (Å²) in [6.07, 6.45) is 0. The number of hydrogen-bond donors (Lipinski definition) is 0. The Morgan fingerprint density at radius 3 is 1.62 bits per heavy atom. The molecule has 3 rings (SSSR count). The van der Waals surface area contributed by atoms with Crippen molar-refractivity contribution in [3.63, 3.8) is 0 Å². The van der Waals surface area contributed by atoms with Crippen molar-refractivity contribution in [3.05, 3.63) is 83.4 Å². The maximum absolute atomic E-state index is 12.6. The molecule has 5 heteroatoms. The van der Waals surface area contributed by atoms with Gasteiger partial charge < -0.3 is 4.74 Å². The average Bonchev–Trinajstić information content (AvgIpc) is 2.58. The summed E-state index contributed by atoms with van der Waals surface area (Å²) in [4.78, 5) is 0.417. The molecule has 0 aliphatic carbocycles. The van der Waals surface area contributed by atoms with Crippen LogP contribution in [0.1, 0.15) is 5.56 Å². The number of hydrogen-bond acceptors (Lipinski definition) is 3. The lowest BCUT2D eigenvalue weighted by atomic mass is 10.2. The molecular formula is C19H15ClO3S. The summed E-state index contributed by atoms with van der Waals surface area (Å²) < 4.78 is 30.8. The highest BCUT2D eigenvalue weighted by Crippen LogP contribution is 2.26. The van der Waals surface area contributed by atoms with Crippen molar-refractivity contribution in [2.75, 3.05) is 0 Å². The van der Waals surface area contributed by atoms with Crippen molar-refractivity contribution in [1.82, 2.24) is 0 Å². The van der Waals surface area contributed by atoms with Gasteiger partial charge in [0.25, 0.3) is 0 Å². The van der Waals surface area contributed by atoms with E-state index in [-0.39, 0.29) is 9.79 Å². The molecule has 0 aromatic heterocycles. The topological polar surface area (TPSA) is 43.4 Å². The minimum absolute atomic E-state index is 0.208. The molecule has 3 aromatic carbocycles. The van der Waals surface area contributed by atoms with Crippen molar-refractivity contribution in [3.8, 4) is 11.5 Å². The van der Waals surface area contributed by atoms with Crippen LogP contribution in [0.5, 0.6) is 11.5 Å². The van der Waals surface area contributed by atoms with Gasteiger partial charge in [0.05, 0.1) is 9.79 Å². The lowest BCUT2D eigenvalue weighted by Gasteiger charge is -2.08. The summed E-state index contributed by atoms with van der Waals surface area (Å²) in [5.41, 5.74) is 1.15. The Morgan fingerprint density at radius 1 is 0.708 bits per heavy atom. The van der Waals surface area contributed by atoms with Crippen LogP contribution in [0.3, 0.4) is 0 Å². The maximum atomic E-state index is 12.6. The van der Waals surface area contributed by atoms with E-state index in [4.69, 9.17) is 16.3 Å². The molecule has 0 saturated heterocycles. The average molecular weight is 359 g/mol. The van der Waals surface area contributed by atoms with Crippen LogP contribution in [0.15, 0.2) is 82.6 Å². The first-order valence-corrected chi connectivity index (χ1v) is 9.16. The predicted molar refractivity (Wildman–Crippen MR) is 94.6 cm³/mol. The highest BCUT2D eigenvalue weighted by molar-refractivity contribution is 7.91. The van der Waals surface area contributed by atoms with Crippen LogP contribution in [0.4, 0.5) is 0 Å². The summed E-state index contributed by atoms with van der Waals surface area (Å²) in [5, 5.41) is 0.496. The first kappa shape index (κ1) is 16.6. The minimum atomic E-state index is -3.57. The molecule has 24 heavy (non-hydrogen) atoms. The first-order chi connectivity index (χ1) is 11.4. The molecule has 122 valence electrons. The largest absolute Gasteiger partial charge is 0.457 e. The maximum Gasteiger partial charge on any atom is 0.206 e. The number of sulfone groups is 1. The lowest BCUT2D eigenvalue weighted by Crippen LogP contribution is -2.01. The second-order valence-electron chi connectivity index (χ2n) is 5.34. The highest BCUT2D eigenvalue weighted by Gasteiger charge is 2.17. The van der Waals surface area contributed by atoms with Crippen LogP contribution in [0.25, 0.3) is 0 Å². The van der Waals surface area contributed by atoms with Gasteiger partial charge in [0.2, 0.25) is 9.84 Å². The third-order valence-corrected chi connectivity index (χ3v) is 5.55. The standard InChI is InChI=1S/C19H15ClO3S/c1-14-2-6-16(7-3-14)23-17-8-12-19(13-9-17)24(21,22)18-10-4-15(20)5-11-18/h2-13H,1H3. The van der Waals surface area contributed by atoms with Gasteiger partial charge in [-0.05, 0) is 67.6 Å². The number of aryl methyl sites for hydroxylation is 1. The first-order valence-electron chi connectivity index (χ1n) is 7.30. The van der Waals surface area contributed by atoms with E-state index in [1.54, 1.807) is 24.3 Å². The fourth-order valence-corrected chi connectivity index (χ4v) is 3.57. The van der Waals surface area contributed by atoms with Crippen LogP contribution >= 0.6 is 11.6 Å². The van der Waals surface area contributed by atoms with Gasteiger partial charge in [0.1, 0.15) is 11.5 Å². The molecule has 0 radical (unpaired) electrons. The van der Waals surface area contributed by atoms with Crippen molar-refractivity contribution in [2.24, 2.45) is 0 Å². The van der Waals surface area contributed by atoms with Crippen LogP contribution in [-0.2, 0) is 9.84 Å². The predicted octanol–water partition coefficient (Wildman–Crippen LogP) is 5.27. The molecule has 0 N–H and O–H groups in total. The molecule has 0 heterocycles. The molecule has 0 spiro atoms. The number of halogens is 1. The van der Waals surface area contributed by atoms with Gasteiger partial charge in [-0.15, -0.1) is 0 Å². The SMILES string of the molecule is Cc1ccc(Oc2ccc(S(=O)(=O)c3ccc(Cl)cc3)cc2)cc1. The van der Waals surface area contributed by atoms with Crippen LogP contribution in [-0.4, -0.2) is 8.42 Å². The van der Waals surface area contributed by atoms with E-state index >= 15 is 0 Å². The number of rotatable bonds is 4. The molecule has 3 nitrogen and oxygen atoms in total. The molecule has 0 saturated carbocycles. The summed E-state index contributed by atoms with van der Waals surface area (Å²) in [6, 6.07) is 20.1. The number of benzene rings is 3. The third kappa shape index (κ3) is 3.61. The molecular weight excluding hydrogens is 344 g/mol.